The smallest absolute Gasteiger partial charge is 0.0462 e. The van der Waals surface area contributed by atoms with E-state index in [9.17, 15) is 0 Å². The predicted molar refractivity (Wildman–Crippen MR) is 259 cm³/mol. The number of hydrogen-bond acceptors (Lipinski definition) is 1. The molecule has 0 aromatic heterocycles. The Morgan fingerprint density at radius 3 is 1.00 bits per heavy atom. The van der Waals surface area contributed by atoms with E-state index < -0.39 is 0 Å². The van der Waals surface area contributed by atoms with Crippen molar-refractivity contribution in [2.45, 2.75) is 51.4 Å². The molecule has 0 N–H and O–H groups in total. The number of nitrogens with zero attached hydrogens (tertiary/aromatic N) is 1. The van der Waals surface area contributed by atoms with Crippen LogP contribution in [-0.2, 0) is 25.7 Å². The van der Waals surface area contributed by atoms with Crippen LogP contribution >= 0.6 is 0 Å². The summed E-state index contributed by atoms with van der Waals surface area (Å²) >= 11 is 0. The second-order valence-electron chi connectivity index (χ2n) is 16.9. The summed E-state index contributed by atoms with van der Waals surface area (Å²) in [6.45, 7) is 0. The minimum Gasteiger partial charge on any atom is -0.311 e. The maximum absolute atomic E-state index is 2.41. The van der Waals surface area contributed by atoms with E-state index in [1.165, 1.54) is 86.5 Å². The van der Waals surface area contributed by atoms with Gasteiger partial charge in [0.25, 0.3) is 0 Å². The number of rotatable bonds is 8. The fraction of sp³-hybridized carbons (Fsp3) is 0.133. The maximum Gasteiger partial charge on any atom is 0.0462 e. The second kappa shape index (κ2) is 16.2. The fourth-order valence-corrected chi connectivity index (χ4v) is 10.3. The van der Waals surface area contributed by atoms with Crippen LogP contribution in [0.2, 0.25) is 0 Å². The SMILES string of the molecule is c1ccc(-c2ccc(-c3c4c(c(-c5ccc(N(c6ccc(-c7ccccc7)cc6)c6ccc(-c7ccc8ccccc8c7)cc6)cc5)c5c3CCCC5)CCCC4)cc2)cc1. The summed E-state index contributed by atoms with van der Waals surface area (Å²) in [5.41, 5.74) is 23.1. The van der Waals surface area contributed by atoms with Gasteiger partial charge in [0.05, 0.1) is 0 Å². The molecule has 2 aliphatic carbocycles. The first-order valence-electron chi connectivity index (χ1n) is 22.3. The van der Waals surface area contributed by atoms with E-state index in [1.54, 1.807) is 27.8 Å². The Bertz CT molecular complexity index is 2920. The van der Waals surface area contributed by atoms with Gasteiger partial charge in [0, 0.05) is 17.1 Å². The zero-order valence-corrected chi connectivity index (χ0v) is 34.7. The highest BCUT2D eigenvalue weighted by Gasteiger charge is 2.28. The molecule has 9 aromatic carbocycles. The molecule has 294 valence electrons. The van der Waals surface area contributed by atoms with Crippen molar-refractivity contribution < 1.29 is 0 Å². The van der Waals surface area contributed by atoms with Crippen molar-refractivity contribution in [2.75, 3.05) is 4.90 Å². The zero-order chi connectivity index (χ0) is 40.5. The van der Waals surface area contributed by atoms with Gasteiger partial charge >= 0.3 is 0 Å². The molecule has 2 aliphatic rings. The molecule has 0 saturated carbocycles. The number of benzene rings is 9. The Morgan fingerprint density at radius 1 is 0.246 bits per heavy atom. The second-order valence-corrected chi connectivity index (χ2v) is 16.9. The molecule has 0 radical (unpaired) electrons. The lowest BCUT2D eigenvalue weighted by atomic mass is 9.73. The normalized spacial score (nSPS) is 13.4. The summed E-state index contributed by atoms with van der Waals surface area (Å²) in [5.74, 6) is 0. The average Bonchev–Trinajstić information content (AvgIpc) is 3.34. The lowest BCUT2D eigenvalue weighted by Gasteiger charge is -2.32. The van der Waals surface area contributed by atoms with E-state index in [1.807, 2.05) is 0 Å². The minimum absolute atomic E-state index is 1.14. The van der Waals surface area contributed by atoms with Gasteiger partial charge in [-0.3, -0.25) is 0 Å². The summed E-state index contributed by atoms with van der Waals surface area (Å²) < 4.78 is 0. The van der Waals surface area contributed by atoms with Crippen LogP contribution < -0.4 is 4.90 Å². The Kier molecular flexibility index (Phi) is 9.87. The predicted octanol–water partition coefficient (Wildman–Crippen LogP) is 16.4. The highest BCUT2D eigenvalue weighted by atomic mass is 15.1. The molecule has 0 saturated heterocycles. The molecule has 0 bridgehead atoms. The van der Waals surface area contributed by atoms with Crippen molar-refractivity contribution in [1.82, 2.24) is 0 Å². The molecule has 0 spiro atoms. The quantitative estimate of drug-likeness (QED) is 0.148. The average molecular weight is 784 g/mol. The van der Waals surface area contributed by atoms with Crippen molar-refractivity contribution in [1.29, 1.82) is 0 Å². The molecule has 0 atom stereocenters. The number of hydrogen-bond donors (Lipinski definition) is 0. The zero-order valence-electron chi connectivity index (χ0n) is 34.7. The van der Waals surface area contributed by atoms with Gasteiger partial charge in [0.15, 0.2) is 0 Å². The van der Waals surface area contributed by atoms with Crippen molar-refractivity contribution in [3.05, 3.63) is 222 Å². The molecule has 0 aliphatic heterocycles. The molecular weight excluding hydrogens is 735 g/mol. The van der Waals surface area contributed by atoms with Gasteiger partial charge in [0.2, 0.25) is 0 Å². The van der Waals surface area contributed by atoms with Crippen molar-refractivity contribution in [3.63, 3.8) is 0 Å². The number of anilines is 3. The van der Waals surface area contributed by atoms with Gasteiger partial charge in [-0.1, -0.05) is 158 Å². The van der Waals surface area contributed by atoms with Gasteiger partial charge < -0.3 is 4.90 Å². The van der Waals surface area contributed by atoms with Crippen LogP contribution in [0, 0.1) is 0 Å². The van der Waals surface area contributed by atoms with E-state index in [0.29, 0.717) is 0 Å². The third kappa shape index (κ3) is 7.15. The van der Waals surface area contributed by atoms with Gasteiger partial charge in [-0.05, 0) is 182 Å². The summed E-state index contributed by atoms with van der Waals surface area (Å²) in [6, 6.07) is 74.0. The van der Waals surface area contributed by atoms with Gasteiger partial charge in [-0.2, -0.15) is 0 Å². The molecule has 0 unspecified atom stereocenters. The van der Waals surface area contributed by atoms with Gasteiger partial charge in [0.1, 0.15) is 0 Å². The Hall–Kier alpha value is -6.96. The molecule has 61 heavy (non-hydrogen) atoms. The molecule has 1 heteroatoms. The van der Waals surface area contributed by atoms with E-state index in [2.05, 4.69) is 205 Å². The van der Waals surface area contributed by atoms with Crippen LogP contribution in [0.3, 0.4) is 0 Å². The van der Waals surface area contributed by atoms with E-state index >= 15 is 0 Å². The third-order valence-electron chi connectivity index (χ3n) is 13.3. The first-order valence-corrected chi connectivity index (χ1v) is 22.3. The van der Waals surface area contributed by atoms with Crippen LogP contribution in [0.5, 0.6) is 0 Å². The maximum atomic E-state index is 2.41. The Balaban J connectivity index is 0.985. The van der Waals surface area contributed by atoms with Crippen LogP contribution in [0.25, 0.3) is 66.4 Å². The van der Waals surface area contributed by atoms with Crippen molar-refractivity contribution in [3.8, 4) is 55.6 Å². The molecular formula is C60H49N. The van der Waals surface area contributed by atoms with E-state index in [0.717, 1.165) is 42.7 Å². The summed E-state index contributed by atoms with van der Waals surface area (Å²) in [5, 5.41) is 2.53. The first-order chi connectivity index (χ1) is 30.2. The largest absolute Gasteiger partial charge is 0.311 e. The molecule has 0 heterocycles. The molecule has 0 amide bonds. The fourth-order valence-electron chi connectivity index (χ4n) is 10.3. The molecule has 1 nitrogen and oxygen atoms in total. The van der Waals surface area contributed by atoms with Crippen LogP contribution in [0.1, 0.15) is 47.9 Å². The lowest BCUT2D eigenvalue weighted by Crippen LogP contribution is -2.15. The Labute approximate surface area is 360 Å². The van der Waals surface area contributed by atoms with Crippen LogP contribution in [0.4, 0.5) is 17.1 Å². The standard InChI is InChI=1S/C60H49N/c1-3-13-42(14-4-1)45-23-26-48(27-24-45)59-55-19-9-11-21-57(55)60(58-22-12-10-20-56(58)59)49-33-39-54(40-34-49)61(52-35-29-46(30-36-52)43-15-5-2-6-16-43)53-37-31-47(32-38-53)51-28-25-44-17-7-8-18-50(44)41-51/h1-8,13-18,23-41H,9-12,19-22H2. The monoisotopic (exact) mass is 783 g/mol. The molecule has 0 fully saturated rings. The third-order valence-corrected chi connectivity index (χ3v) is 13.3. The Morgan fingerprint density at radius 2 is 0.557 bits per heavy atom. The summed E-state index contributed by atoms with van der Waals surface area (Å²) in [6.07, 6.45) is 9.65. The minimum atomic E-state index is 1.14. The van der Waals surface area contributed by atoms with Gasteiger partial charge in [-0.25, -0.2) is 0 Å². The lowest BCUT2D eigenvalue weighted by molar-refractivity contribution is 0.662. The number of fused-ring (bicyclic) bond motifs is 3. The van der Waals surface area contributed by atoms with E-state index in [-0.39, 0.29) is 0 Å². The topological polar surface area (TPSA) is 3.24 Å². The van der Waals surface area contributed by atoms with Crippen molar-refractivity contribution in [2.24, 2.45) is 0 Å². The van der Waals surface area contributed by atoms with Crippen molar-refractivity contribution >= 4 is 27.8 Å². The first kappa shape index (κ1) is 37.1. The van der Waals surface area contributed by atoms with Gasteiger partial charge in [-0.15, -0.1) is 0 Å². The van der Waals surface area contributed by atoms with E-state index in [4.69, 9.17) is 0 Å². The summed E-state index contributed by atoms with van der Waals surface area (Å²) in [7, 11) is 0. The molecule has 11 rings (SSSR count). The van der Waals surface area contributed by atoms with Crippen LogP contribution in [-0.4, -0.2) is 0 Å². The highest BCUT2D eigenvalue weighted by molar-refractivity contribution is 5.89. The molecule has 9 aromatic rings. The highest BCUT2D eigenvalue weighted by Crippen LogP contribution is 2.47. The van der Waals surface area contributed by atoms with Crippen LogP contribution in [0.15, 0.2) is 200 Å². The summed E-state index contributed by atoms with van der Waals surface area (Å²) in [4.78, 5) is 2.41.